The van der Waals surface area contributed by atoms with E-state index in [4.69, 9.17) is 4.74 Å². The van der Waals surface area contributed by atoms with Gasteiger partial charge >= 0.3 is 6.03 Å². The summed E-state index contributed by atoms with van der Waals surface area (Å²) in [5.74, 6) is 0.0467. The Bertz CT molecular complexity index is 1080. The smallest absolute Gasteiger partial charge is 0.323 e. The highest BCUT2D eigenvalue weighted by Gasteiger charge is 2.15. The zero-order valence-electron chi connectivity index (χ0n) is 18.1. The standard InChI is InChI=1S/C24H25FN4O3/c1-29(2)22-13-10-19(28-24(31)27-18-8-11-20(32-3)12-9-18)14-21(22)23(30)26-15-16-4-6-17(25)7-5-16/h4-14H,15H2,1-3H3,(H,26,30)(H2,27,28,31). The molecule has 3 rings (SSSR count). The number of anilines is 3. The van der Waals surface area contributed by atoms with Gasteiger partial charge in [-0.3, -0.25) is 4.79 Å². The average molecular weight is 436 g/mol. The van der Waals surface area contributed by atoms with E-state index in [1.54, 1.807) is 61.7 Å². The van der Waals surface area contributed by atoms with Gasteiger partial charge < -0.3 is 25.6 Å². The van der Waals surface area contributed by atoms with Crippen LogP contribution in [0.15, 0.2) is 66.7 Å². The molecule has 0 spiro atoms. The number of hydrogen-bond acceptors (Lipinski definition) is 4. The maximum Gasteiger partial charge on any atom is 0.323 e. The first-order valence-electron chi connectivity index (χ1n) is 9.92. The second-order valence-electron chi connectivity index (χ2n) is 7.24. The van der Waals surface area contributed by atoms with Gasteiger partial charge in [0.05, 0.1) is 12.7 Å². The first-order valence-corrected chi connectivity index (χ1v) is 9.92. The Morgan fingerprint density at radius 1 is 0.906 bits per heavy atom. The summed E-state index contributed by atoms with van der Waals surface area (Å²) in [5.41, 5.74) is 2.94. The summed E-state index contributed by atoms with van der Waals surface area (Å²) < 4.78 is 18.2. The van der Waals surface area contributed by atoms with E-state index < -0.39 is 6.03 Å². The van der Waals surface area contributed by atoms with Crippen molar-refractivity contribution in [2.24, 2.45) is 0 Å². The molecule has 0 heterocycles. The number of hydrogen-bond donors (Lipinski definition) is 3. The number of halogens is 1. The van der Waals surface area contributed by atoms with Crippen LogP contribution in [0.3, 0.4) is 0 Å². The third-order valence-electron chi connectivity index (χ3n) is 4.70. The van der Waals surface area contributed by atoms with E-state index in [2.05, 4.69) is 16.0 Å². The van der Waals surface area contributed by atoms with Crippen LogP contribution < -0.4 is 25.6 Å². The molecule has 32 heavy (non-hydrogen) atoms. The minimum Gasteiger partial charge on any atom is -0.497 e. The lowest BCUT2D eigenvalue weighted by Gasteiger charge is -2.19. The predicted molar refractivity (Wildman–Crippen MR) is 124 cm³/mol. The topological polar surface area (TPSA) is 82.7 Å². The van der Waals surface area contributed by atoms with Crippen LogP contribution in [0.4, 0.5) is 26.2 Å². The van der Waals surface area contributed by atoms with Crippen LogP contribution in [0.25, 0.3) is 0 Å². The summed E-state index contributed by atoms with van der Waals surface area (Å²) in [7, 11) is 5.23. The lowest BCUT2D eigenvalue weighted by Crippen LogP contribution is -2.26. The van der Waals surface area contributed by atoms with Gasteiger partial charge in [-0.15, -0.1) is 0 Å². The van der Waals surface area contributed by atoms with Crippen LogP contribution in [0, 0.1) is 5.82 Å². The van der Waals surface area contributed by atoms with Crippen LogP contribution in [-0.4, -0.2) is 33.1 Å². The minimum atomic E-state index is -0.439. The number of urea groups is 1. The van der Waals surface area contributed by atoms with E-state index in [-0.39, 0.29) is 18.3 Å². The van der Waals surface area contributed by atoms with E-state index in [0.717, 1.165) is 5.56 Å². The molecule has 7 nitrogen and oxygen atoms in total. The highest BCUT2D eigenvalue weighted by atomic mass is 19.1. The summed E-state index contributed by atoms with van der Waals surface area (Å²) in [4.78, 5) is 27.0. The average Bonchev–Trinajstić information content (AvgIpc) is 2.78. The molecule has 0 bridgehead atoms. The number of ether oxygens (including phenoxy) is 1. The zero-order valence-corrected chi connectivity index (χ0v) is 18.1. The van der Waals surface area contributed by atoms with Crippen LogP contribution in [0.2, 0.25) is 0 Å². The molecular formula is C24H25FN4O3. The molecular weight excluding hydrogens is 411 g/mol. The van der Waals surface area contributed by atoms with E-state index in [1.807, 2.05) is 19.0 Å². The lowest BCUT2D eigenvalue weighted by atomic mass is 10.1. The first-order chi connectivity index (χ1) is 15.4. The minimum absolute atomic E-state index is 0.252. The summed E-state index contributed by atoms with van der Waals surface area (Å²) >= 11 is 0. The van der Waals surface area contributed by atoms with Gasteiger partial charge in [0.1, 0.15) is 11.6 Å². The van der Waals surface area contributed by atoms with E-state index >= 15 is 0 Å². The molecule has 0 aliphatic carbocycles. The van der Waals surface area contributed by atoms with Gasteiger partial charge in [-0.1, -0.05) is 12.1 Å². The largest absolute Gasteiger partial charge is 0.497 e. The first kappa shape index (κ1) is 22.6. The Balaban J connectivity index is 1.70. The van der Waals surface area contributed by atoms with Crippen molar-refractivity contribution >= 4 is 29.0 Å². The predicted octanol–water partition coefficient (Wildman–Crippen LogP) is 4.47. The fourth-order valence-electron chi connectivity index (χ4n) is 3.03. The van der Waals surface area contributed by atoms with E-state index in [1.165, 1.54) is 12.1 Å². The number of methoxy groups -OCH3 is 1. The summed E-state index contributed by atoms with van der Waals surface area (Å²) in [6.07, 6.45) is 0. The fourth-order valence-corrected chi connectivity index (χ4v) is 3.03. The second-order valence-corrected chi connectivity index (χ2v) is 7.24. The number of carbonyl (C=O) groups excluding carboxylic acids is 2. The number of rotatable bonds is 7. The van der Waals surface area contributed by atoms with Gasteiger partial charge in [0, 0.05) is 37.7 Å². The van der Waals surface area contributed by atoms with E-state index in [9.17, 15) is 14.0 Å². The summed E-state index contributed by atoms with van der Waals surface area (Å²) in [6.45, 7) is 0.252. The molecule has 0 unspecified atom stereocenters. The monoisotopic (exact) mass is 436 g/mol. The van der Waals surface area contributed by atoms with Gasteiger partial charge in [0.2, 0.25) is 0 Å². The molecule has 0 saturated carbocycles. The van der Waals surface area contributed by atoms with Gasteiger partial charge in [-0.25, -0.2) is 9.18 Å². The third-order valence-corrected chi connectivity index (χ3v) is 4.70. The van der Waals surface area contributed by atoms with Crippen LogP contribution in [0.1, 0.15) is 15.9 Å². The number of benzene rings is 3. The van der Waals surface area contributed by atoms with Crippen molar-refractivity contribution in [3.63, 3.8) is 0 Å². The Labute approximate surface area is 186 Å². The highest BCUT2D eigenvalue weighted by Crippen LogP contribution is 2.23. The van der Waals surface area contributed by atoms with Crippen molar-refractivity contribution in [2.45, 2.75) is 6.54 Å². The van der Waals surface area contributed by atoms with Crippen LogP contribution in [0.5, 0.6) is 5.75 Å². The molecule has 8 heteroatoms. The molecule has 0 atom stereocenters. The Hall–Kier alpha value is -4.07. The van der Waals surface area contributed by atoms with Gasteiger partial charge in [0.25, 0.3) is 5.91 Å². The van der Waals surface area contributed by atoms with Crippen molar-refractivity contribution in [1.82, 2.24) is 5.32 Å². The maximum absolute atomic E-state index is 13.1. The lowest BCUT2D eigenvalue weighted by molar-refractivity contribution is 0.0951. The molecule has 0 aliphatic heterocycles. The molecule has 0 radical (unpaired) electrons. The Morgan fingerprint density at radius 3 is 2.16 bits per heavy atom. The molecule has 0 aromatic heterocycles. The molecule has 166 valence electrons. The summed E-state index contributed by atoms with van der Waals surface area (Å²) in [6, 6.07) is 17.5. The highest BCUT2D eigenvalue weighted by molar-refractivity contribution is 6.03. The molecule has 0 saturated heterocycles. The van der Waals surface area contributed by atoms with Crippen molar-refractivity contribution in [3.05, 3.63) is 83.7 Å². The normalized spacial score (nSPS) is 10.2. The van der Waals surface area contributed by atoms with Crippen molar-refractivity contribution in [1.29, 1.82) is 0 Å². The number of nitrogens with one attached hydrogen (secondary N) is 3. The molecule has 3 amide bonds. The number of carbonyl (C=O) groups is 2. The quantitative estimate of drug-likeness (QED) is 0.510. The van der Waals surface area contributed by atoms with Gasteiger partial charge in [-0.2, -0.15) is 0 Å². The van der Waals surface area contributed by atoms with E-state index in [0.29, 0.717) is 28.4 Å². The van der Waals surface area contributed by atoms with Crippen LogP contribution in [-0.2, 0) is 6.54 Å². The Morgan fingerprint density at radius 2 is 1.53 bits per heavy atom. The second kappa shape index (κ2) is 10.3. The molecule has 3 aromatic carbocycles. The molecule has 3 N–H and O–H groups in total. The summed E-state index contributed by atoms with van der Waals surface area (Å²) in [5, 5.41) is 8.30. The van der Waals surface area contributed by atoms with Crippen molar-refractivity contribution in [2.75, 3.05) is 36.7 Å². The SMILES string of the molecule is COc1ccc(NC(=O)Nc2ccc(N(C)C)c(C(=O)NCc3ccc(F)cc3)c2)cc1. The molecule has 3 aromatic rings. The van der Waals surface area contributed by atoms with Crippen molar-refractivity contribution < 1.29 is 18.7 Å². The molecule has 0 aliphatic rings. The maximum atomic E-state index is 13.1. The Kier molecular flexibility index (Phi) is 7.28. The van der Waals surface area contributed by atoms with Gasteiger partial charge in [0.15, 0.2) is 0 Å². The fraction of sp³-hybridized carbons (Fsp3) is 0.167. The number of nitrogens with zero attached hydrogens (tertiary/aromatic N) is 1. The molecule has 0 fully saturated rings. The van der Waals surface area contributed by atoms with Crippen molar-refractivity contribution in [3.8, 4) is 5.75 Å². The van der Waals surface area contributed by atoms with Crippen LogP contribution >= 0.6 is 0 Å². The third kappa shape index (κ3) is 5.98. The number of amides is 3. The zero-order chi connectivity index (χ0) is 23.1. The van der Waals surface area contributed by atoms with Gasteiger partial charge in [-0.05, 0) is 60.2 Å².